The van der Waals surface area contributed by atoms with Gasteiger partial charge in [0, 0.05) is 13.0 Å². The molecule has 0 spiro atoms. The number of ether oxygens (including phenoxy) is 3. The zero-order valence-corrected chi connectivity index (χ0v) is 17.3. The van der Waals surface area contributed by atoms with Gasteiger partial charge < -0.3 is 24.8 Å². The van der Waals surface area contributed by atoms with Crippen molar-refractivity contribution in [1.29, 1.82) is 0 Å². The molecule has 0 aliphatic carbocycles. The van der Waals surface area contributed by atoms with Gasteiger partial charge in [-0.05, 0) is 48.0 Å². The van der Waals surface area contributed by atoms with E-state index in [1.165, 1.54) is 7.11 Å². The molecule has 9 nitrogen and oxygen atoms in total. The van der Waals surface area contributed by atoms with Crippen molar-refractivity contribution in [1.82, 2.24) is 10.6 Å². The lowest BCUT2D eigenvalue weighted by molar-refractivity contribution is -0.158. The Hall–Kier alpha value is -2.32. The Bertz CT molecular complexity index is 533. The Morgan fingerprint density at radius 1 is 0.852 bits per heavy atom. The average molecular weight is 388 g/mol. The van der Waals surface area contributed by atoms with Gasteiger partial charge in [-0.1, -0.05) is 0 Å². The van der Waals surface area contributed by atoms with E-state index in [9.17, 15) is 19.2 Å². The predicted octanol–water partition coefficient (Wildman–Crippen LogP) is 1.68. The van der Waals surface area contributed by atoms with Gasteiger partial charge in [-0.15, -0.1) is 0 Å². The molecule has 0 aromatic carbocycles. The molecule has 0 heterocycles. The Labute approximate surface area is 160 Å². The summed E-state index contributed by atoms with van der Waals surface area (Å²) in [5, 5.41) is 4.91. The van der Waals surface area contributed by atoms with E-state index in [-0.39, 0.29) is 25.8 Å². The van der Waals surface area contributed by atoms with E-state index in [4.69, 9.17) is 9.47 Å². The Balaban J connectivity index is 4.78. The molecule has 2 N–H and O–H groups in total. The van der Waals surface area contributed by atoms with E-state index in [1.54, 1.807) is 41.5 Å². The second-order valence-electron chi connectivity index (χ2n) is 7.94. The summed E-state index contributed by atoms with van der Waals surface area (Å²) in [4.78, 5) is 47.2. The topological polar surface area (TPSA) is 120 Å². The van der Waals surface area contributed by atoms with Gasteiger partial charge in [0.05, 0.1) is 13.5 Å². The molecule has 0 aliphatic rings. The zero-order chi connectivity index (χ0) is 21.3. The zero-order valence-electron chi connectivity index (χ0n) is 17.3. The fourth-order valence-corrected chi connectivity index (χ4v) is 1.87. The minimum atomic E-state index is -1.03. The van der Waals surface area contributed by atoms with Gasteiger partial charge in [0.25, 0.3) is 0 Å². The van der Waals surface area contributed by atoms with E-state index >= 15 is 0 Å². The number of urea groups is 1. The number of rotatable bonds is 8. The number of methoxy groups -OCH3 is 1. The third-order valence-electron chi connectivity index (χ3n) is 2.90. The van der Waals surface area contributed by atoms with Crippen LogP contribution in [-0.2, 0) is 28.6 Å². The average Bonchev–Trinajstić information content (AvgIpc) is 2.47. The summed E-state index contributed by atoms with van der Waals surface area (Å²) in [5.74, 6) is -1.61. The first-order valence-electron chi connectivity index (χ1n) is 8.79. The van der Waals surface area contributed by atoms with Crippen LogP contribution in [0.3, 0.4) is 0 Å². The van der Waals surface area contributed by atoms with Crippen molar-refractivity contribution in [3.63, 3.8) is 0 Å². The maximum Gasteiger partial charge on any atom is 0.329 e. The first-order valence-corrected chi connectivity index (χ1v) is 8.79. The third-order valence-corrected chi connectivity index (χ3v) is 2.90. The van der Waals surface area contributed by atoms with E-state index in [0.717, 1.165) is 0 Å². The molecule has 0 saturated carbocycles. The third kappa shape index (κ3) is 13.5. The first kappa shape index (κ1) is 24.7. The van der Waals surface area contributed by atoms with Gasteiger partial charge in [-0.25, -0.2) is 9.59 Å². The summed E-state index contributed by atoms with van der Waals surface area (Å²) in [5.41, 5.74) is -1.39. The fraction of sp³-hybridized carbons (Fsp3) is 0.778. The second-order valence-corrected chi connectivity index (χ2v) is 7.94. The van der Waals surface area contributed by atoms with Crippen LogP contribution in [0, 0.1) is 0 Å². The van der Waals surface area contributed by atoms with Crippen LogP contribution in [0.15, 0.2) is 0 Å². The number of hydrogen-bond donors (Lipinski definition) is 2. The number of carbonyl (C=O) groups is 4. The lowest BCUT2D eigenvalue weighted by atomic mass is 10.1. The SMILES string of the molecule is COC(=O)CCNC(=O)N[C@@H](CCC(=O)OC(C)(C)C)C(=O)OC(C)(C)C. The predicted molar refractivity (Wildman–Crippen MR) is 97.9 cm³/mol. The summed E-state index contributed by atoms with van der Waals surface area (Å²) in [6.07, 6.45) is -0.0448. The highest BCUT2D eigenvalue weighted by Crippen LogP contribution is 2.13. The highest BCUT2D eigenvalue weighted by atomic mass is 16.6. The van der Waals surface area contributed by atoms with Crippen molar-refractivity contribution in [2.45, 2.75) is 78.0 Å². The number of amides is 2. The van der Waals surface area contributed by atoms with Crippen molar-refractivity contribution in [3.05, 3.63) is 0 Å². The van der Waals surface area contributed by atoms with Crippen LogP contribution in [0.2, 0.25) is 0 Å². The molecule has 0 saturated heterocycles. The van der Waals surface area contributed by atoms with E-state index < -0.39 is 41.2 Å². The molecule has 0 rings (SSSR count). The van der Waals surface area contributed by atoms with Gasteiger partial charge in [0.15, 0.2) is 0 Å². The number of esters is 3. The van der Waals surface area contributed by atoms with Crippen LogP contribution in [-0.4, -0.2) is 54.8 Å². The molecule has 0 aromatic heterocycles. The van der Waals surface area contributed by atoms with Gasteiger partial charge >= 0.3 is 23.9 Å². The van der Waals surface area contributed by atoms with Gasteiger partial charge in [-0.2, -0.15) is 0 Å². The molecule has 27 heavy (non-hydrogen) atoms. The Kier molecular flexibility index (Phi) is 9.82. The molecular weight excluding hydrogens is 356 g/mol. The number of hydrogen-bond acceptors (Lipinski definition) is 7. The molecule has 0 fully saturated rings. The van der Waals surface area contributed by atoms with Crippen molar-refractivity contribution < 1.29 is 33.4 Å². The second kappa shape index (κ2) is 10.7. The summed E-state index contributed by atoms with van der Waals surface area (Å²) in [7, 11) is 1.25. The van der Waals surface area contributed by atoms with Crippen molar-refractivity contribution in [2.24, 2.45) is 0 Å². The minimum Gasteiger partial charge on any atom is -0.469 e. The van der Waals surface area contributed by atoms with Crippen LogP contribution in [0.1, 0.15) is 60.8 Å². The fourth-order valence-electron chi connectivity index (χ4n) is 1.87. The quantitative estimate of drug-likeness (QED) is 0.479. The molecule has 0 bridgehead atoms. The summed E-state index contributed by atoms with van der Waals surface area (Å²) in [6.45, 7) is 10.4. The maximum absolute atomic E-state index is 12.3. The number of carbonyl (C=O) groups excluding carboxylic acids is 4. The smallest absolute Gasteiger partial charge is 0.329 e. The Morgan fingerprint density at radius 3 is 1.89 bits per heavy atom. The largest absolute Gasteiger partial charge is 0.469 e. The molecule has 156 valence electrons. The lowest BCUT2D eigenvalue weighted by Gasteiger charge is -2.25. The molecule has 0 unspecified atom stereocenters. The molecule has 1 atom stereocenters. The van der Waals surface area contributed by atoms with E-state index in [2.05, 4.69) is 15.4 Å². The van der Waals surface area contributed by atoms with Crippen molar-refractivity contribution in [2.75, 3.05) is 13.7 Å². The molecule has 0 aliphatic heterocycles. The highest BCUT2D eigenvalue weighted by molar-refractivity contribution is 5.84. The molecule has 0 aromatic rings. The normalized spacial score (nSPS) is 12.6. The molecule has 2 amide bonds. The lowest BCUT2D eigenvalue weighted by Crippen LogP contribution is -2.48. The van der Waals surface area contributed by atoms with Crippen LogP contribution >= 0.6 is 0 Å². The van der Waals surface area contributed by atoms with Gasteiger partial charge in [0.1, 0.15) is 17.2 Å². The monoisotopic (exact) mass is 388 g/mol. The van der Waals surface area contributed by atoms with Crippen molar-refractivity contribution in [3.8, 4) is 0 Å². The van der Waals surface area contributed by atoms with Gasteiger partial charge in [-0.3, -0.25) is 9.59 Å². The molecule has 0 radical (unpaired) electrons. The van der Waals surface area contributed by atoms with Crippen LogP contribution in [0.4, 0.5) is 4.79 Å². The first-order chi connectivity index (χ1) is 12.2. The van der Waals surface area contributed by atoms with Crippen LogP contribution in [0.5, 0.6) is 0 Å². The summed E-state index contributed by atoms with van der Waals surface area (Å²) < 4.78 is 15.0. The van der Waals surface area contributed by atoms with E-state index in [1.807, 2.05) is 0 Å². The van der Waals surface area contributed by atoms with Crippen LogP contribution < -0.4 is 10.6 Å². The molecule has 9 heteroatoms. The Morgan fingerprint density at radius 2 is 1.41 bits per heavy atom. The minimum absolute atomic E-state index is 0.00106. The van der Waals surface area contributed by atoms with Gasteiger partial charge in [0.2, 0.25) is 0 Å². The van der Waals surface area contributed by atoms with E-state index in [0.29, 0.717) is 0 Å². The maximum atomic E-state index is 12.3. The summed E-state index contributed by atoms with van der Waals surface area (Å²) in [6, 6.07) is -1.69. The van der Waals surface area contributed by atoms with Crippen molar-refractivity contribution >= 4 is 23.9 Å². The summed E-state index contributed by atoms with van der Waals surface area (Å²) >= 11 is 0. The standard InChI is InChI=1S/C18H32N2O7/c1-17(2,3)26-14(22)9-8-12(15(23)27-18(4,5)6)20-16(24)19-11-10-13(21)25-7/h12H,8-11H2,1-7H3,(H2,19,20,24)/t12-/m0/s1. The number of nitrogens with one attached hydrogen (secondary N) is 2. The molecular formula is C18H32N2O7. The highest BCUT2D eigenvalue weighted by Gasteiger charge is 2.28. The van der Waals surface area contributed by atoms with Crippen LogP contribution in [0.25, 0.3) is 0 Å².